The normalized spacial score (nSPS) is 13.8. The number of guanidine groups is 1. The number of carbonyl (C=O) groups excluding carboxylic acids is 7. The number of H-pyrrole nitrogens is 2. The van der Waals surface area contributed by atoms with Crippen molar-refractivity contribution in [3.8, 4) is 0 Å². The molecule has 3 aromatic carbocycles. The SMILES string of the molecule is NC(N)=NCCC[C@H](NC(=O)[C@@H](Cc1ccccc1)NC(=O)[C@H](Cc1cnc[nH]1)NC(=O)[C@H](CS)NC(=O)[C@H](N)Cc1ccccc1)C(=O)N[C@@H](Cc1c[nH]c2ccccc12)C(=O)NCCCC(=O)N[C@H](CS)C(=O)O. The van der Waals surface area contributed by atoms with Gasteiger partial charge in [-0.3, -0.25) is 38.6 Å². The summed E-state index contributed by atoms with van der Waals surface area (Å²) in [6.07, 6.45) is 4.72. The molecule has 0 unspecified atom stereocenters. The number of thiol groups is 2. The van der Waals surface area contributed by atoms with Gasteiger partial charge in [-0.1, -0.05) is 78.9 Å². The minimum atomic E-state index is -1.36. The zero-order chi connectivity index (χ0) is 55.0. The highest BCUT2D eigenvalue weighted by molar-refractivity contribution is 7.80. The monoisotopic (exact) mass is 1080 g/mol. The van der Waals surface area contributed by atoms with Gasteiger partial charge in [-0.25, -0.2) is 9.78 Å². The maximum Gasteiger partial charge on any atom is 0.327 e. The molecule has 5 rings (SSSR count). The maximum absolute atomic E-state index is 14.6. The standard InChI is InChI=1S/C51H66N14O9S2/c52-35(21-30-11-3-1-4-12-30)44(67)65-41(27-75)49(72)64-40(24-33-26-55-29-59-33)48(71)62-38(22-31-13-5-2-6-14-31)47(70)61-37(17-9-20-57-51(53)54)46(69)63-39(23-32-25-58-36-16-8-7-15-34(32)36)45(68)56-19-10-18-43(66)60-42(28-76)50(73)74/h1-8,11-16,25-26,29,35,37-42,58,75-76H,9-10,17-24,27-28,52H2,(H,55,59)(H,56,68)(H,60,66)(H,61,70)(H,62,71)(H,63,69)(H,64,72)(H,65,67)(H,73,74)(H4,53,54,57)/t35-,37+,38-,39+,40+,41+,42-/m1/s1. The number of imidazole rings is 1. The first-order valence-corrected chi connectivity index (χ1v) is 25.8. The molecule has 0 bridgehead atoms. The molecule has 0 aliphatic rings. The first-order valence-electron chi connectivity index (χ1n) is 24.5. The average Bonchev–Trinajstić information content (AvgIpc) is 4.09. The van der Waals surface area contributed by atoms with E-state index in [1.807, 2.05) is 54.6 Å². The summed E-state index contributed by atoms with van der Waals surface area (Å²) in [4.78, 5) is 123. The minimum Gasteiger partial charge on any atom is -0.480 e. The summed E-state index contributed by atoms with van der Waals surface area (Å²) >= 11 is 8.27. The van der Waals surface area contributed by atoms with E-state index in [0.717, 1.165) is 16.5 Å². The third kappa shape index (κ3) is 19.1. The lowest BCUT2D eigenvalue weighted by molar-refractivity contribution is -0.141. The van der Waals surface area contributed by atoms with Gasteiger partial charge < -0.3 is 69.5 Å². The molecular formula is C51H66N14O9S2. The van der Waals surface area contributed by atoms with Crippen molar-refractivity contribution in [2.45, 2.75) is 93.7 Å². The second kappa shape index (κ2) is 30.5. The molecule has 0 saturated carbocycles. The fourth-order valence-corrected chi connectivity index (χ4v) is 8.45. The number of para-hydroxylation sites is 1. The van der Waals surface area contributed by atoms with Crippen LogP contribution in [0.25, 0.3) is 10.9 Å². The molecule has 2 heterocycles. The van der Waals surface area contributed by atoms with Crippen LogP contribution in [0.1, 0.15) is 48.1 Å². The molecule has 0 fully saturated rings. The molecule has 76 heavy (non-hydrogen) atoms. The minimum absolute atomic E-state index is 0.00659. The number of aliphatic imine (C=N–C) groups is 1. The summed E-state index contributed by atoms with van der Waals surface area (Å²) < 4.78 is 0. The number of nitrogens with two attached hydrogens (primary N) is 3. The lowest BCUT2D eigenvalue weighted by Crippen LogP contribution is -2.60. The van der Waals surface area contributed by atoms with Gasteiger partial charge in [-0.05, 0) is 48.4 Å². The van der Waals surface area contributed by atoms with Crippen molar-refractivity contribution in [2.75, 3.05) is 24.6 Å². The maximum atomic E-state index is 14.6. The van der Waals surface area contributed by atoms with Crippen LogP contribution in [0.2, 0.25) is 0 Å². The summed E-state index contributed by atoms with van der Waals surface area (Å²) in [6, 6.07) is 16.5. The Kier molecular flexibility index (Phi) is 23.6. The molecule has 7 amide bonds. The van der Waals surface area contributed by atoms with Crippen LogP contribution < -0.4 is 54.4 Å². The highest BCUT2D eigenvalue weighted by Crippen LogP contribution is 2.20. The molecule has 0 aliphatic carbocycles. The van der Waals surface area contributed by atoms with Crippen molar-refractivity contribution in [1.29, 1.82) is 0 Å². The third-order valence-electron chi connectivity index (χ3n) is 12.0. The Bertz CT molecular complexity index is 2740. The van der Waals surface area contributed by atoms with Crippen LogP contribution in [0.4, 0.5) is 0 Å². The summed E-state index contributed by atoms with van der Waals surface area (Å²) in [5.41, 5.74) is 20.7. The van der Waals surface area contributed by atoms with Crippen molar-refractivity contribution in [1.82, 2.24) is 52.2 Å². The van der Waals surface area contributed by atoms with Crippen LogP contribution in [0.15, 0.2) is 109 Å². The van der Waals surface area contributed by atoms with E-state index in [-0.39, 0.29) is 81.9 Å². The summed E-state index contributed by atoms with van der Waals surface area (Å²) in [5.74, 6) is -6.61. The molecule has 2 aromatic heterocycles. The van der Waals surface area contributed by atoms with E-state index in [0.29, 0.717) is 16.8 Å². The number of fused-ring (bicyclic) bond motifs is 1. The lowest BCUT2D eigenvalue weighted by Gasteiger charge is -2.27. The van der Waals surface area contributed by atoms with Gasteiger partial charge >= 0.3 is 5.97 Å². The molecule has 23 nitrogen and oxygen atoms in total. The predicted octanol–water partition coefficient (Wildman–Crippen LogP) is -0.708. The number of nitrogens with one attached hydrogen (secondary N) is 9. The zero-order valence-corrected chi connectivity index (χ0v) is 43.4. The van der Waals surface area contributed by atoms with E-state index < -0.39 is 89.6 Å². The molecule has 7 atom stereocenters. The van der Waals surface area contributed by atoms with E-state index in [1.54, 1.807) is 36.5 Å². The Balaban J connectivity index is 1.37. The van der Waals surface area contributed by atoms with Gasteiger partial charge in [0.05, 0.1) is 12.4 Å². The van der Waals surface area contributed by atoms with Crippen LogP contribution in [-0.4, -0.2) is 140 Å². The number of carboxylic acids is 1. The first kappa shape index (κ1) is 59.0. The zero-order valence-electron chi connectivity index (χ0n) is 41.6. The highest BCUT2D eigenvalue weighted by atomic mass is 32.1. The van der Waals surface area contributed by atoms with Crippen LogP contribution in [0.3, 0.4) is 0 Å². The molecule has 5 aromatic rings. The van der Waals surface area contributed by atoms with Gasteiger partial charge in [-0.2, -0.15) is 25.3 Å². The summed E-state index contributed by atoms with van der Waals surface area (Å²) in [7, 11) is 0. The number of benzene rings is 3. The van der Waals surface area contributed by atoms with E-state index >= 15 is 0 Å². The molecular weight excluding hydrogens is 1020 g/mol. The van der Waals surface area contributed by atoms with Crippen LogP contribution >= 0.6 is 25.3 Å². The quantitative estimate of drug-likeness (QED) is 0.0113. The van der Waals surface area contributed by atoms with Gasteiger partial charge in [0, 0.05) is 79.3 Å². The van der Waals surface area contributed by atoms with Gasteiger partial charge in [0.25, 0.3) is 0 Å². The first-order chi connectivity index (χ1) is 36.5. The molecule has 16 N–H and O–H groups in total. The fraction of sp³-hybridized carbons (Fsp3) is 0.373. The summed E-state index contributed by atoms with van der Waals surface area (Å²) in [6.45, 7) is 0.0568. The van der Waals surface area contributed by atoms with Crippen molar-refractivity contribution >= 4 is 89.4 Å². The van der Waals surface area contributed by atoms with Crippen molar-refractivity contribution < 1.29 is 43.5 Å². The molecule has 0 radical (unpaired) electrons. The van der Waals surface area contributed by atoms with E-state index in [2.05, 4.69) is 82.4 Å². The van der Waals surface area contributed by atoms with E-state index in [4.69, 9.17) is 17.2 Å². The smallest absolute Gasteiger partial charge is 0.327 e. The van der Waals surface area contributed by atoms with Gasteiger partial charge in [0.2, 0.25) is 41.4 Å². The lowest BCUT2D eigenvalue weighted by atomic mass is 10.0. The third-order valence-corrected chi connectivity index (χ3v) is 12.7. The van der Waals surface area contributed by atoms with Gasteiger partial charge in [-0.15, -0.1) is 0 Å². The number of nitrogens with zero attached hydrogens (tertiary/aromatic N) is 2. The molecule has 0 saturated heterocycles. The predicted molar refractivity (Wildman–Crippen MR) is 292 cm³/mol. The molecule has 406 valence electrons. The Morgan fingerprint density at radius 1 is 0.605 bits per heavy atom. The van der Waals surface area contributed by atoms with Crippen LogP contribution in [0.5, 0.6) is 0 Å². The Morgan fingerprint density at radius 3 is 1.76 bits per heavy atom. The van der Waals surface area contributed by atoms with Crippen LogP contribution in [0, 0.1) is 0 Å². The Labute approximate surface area is 449 Å². The Hall–Kier alpha value is -7.90. The number of carbonyl (C=O) groups is 8. The number of carboxylic acid groups (broad SMARTS) is 1. The largest absolute Gasteiger partial charge is 0.480 e. The summed E-state index contributed by atoms with van der Waals surface area (Å²) in [5, 5.41) is 28.9. The van der Waals surface area contributed by atoms with Crippen LogP contribution in [-0.2, 0) is 64.0 Å². The topological polar surface area (TPSA) is 376 Å². The fourth-order valence-electron chi connectivity index (χ4n) is 7.95. The molecule has 25 heteroatoms. The number of aromatic amines is 2. The van der Waals surface area contributed by atoms with E-state index in [1.165, 1.54) is 12.5 Å². The van der Waals surface area contributed by atoms with Crippen molar-refractivity contribution in [3.05, 3.63) is 126 Å². The second-order valence-electron chi connectivity index (χ2n) is 17.8. The number of amides is 7. The number of hydrogen-bond acceptors (Lipinski definition) is 13. The molecule has 0 spiro atoms. The second-order valence-corrected chi connectivity index (χ2v) is 18.5. The number of aromatic nitrogens is 3. The van der Waals surface area contributed by atoms with Gasteiger partial charge in [0.15, 0.2) is 5.96 Å². The van der Waals surface area contributed by atoms with Crippen molar-refractivity contribution in [2.24, 2.45) is 22.2 Å². The van der Waals surface area contributed by atoms with E-state index in [9.17, 15) is 43.5 Å². The molecule has 0 aliphatic heterocycles. The number of rotatable bonds is 31. The highest BCUT2D eigenvalue weighted by Gasteiger charge is 2.34. The Morgan fingerprint density at radius 2 is 1.16 bits per heavy atom. The number of aliphatic carboxylic acids is 1. The van der Waals surface area contributed by atoms with Crippen molar-refractivity contribution in [3.63, 3.8) is 0 Å². The average molecular weight is 1080 g/mol. The number of hydrogen-bond donors (Lipinski definition) is 15. The van der Waals surface area contributed by atoms with Gasteiger partial charge in [0.1, 0.15) is 36.3 Å².